The van der Waals surface area contributed by atoms with E-state index in [1.165, 1.54) is 19.3 Å². The van der Waals surface area contributed by atoms with Gasteiger partial charge in [-0.3, -0.25) is 9.59 Å². The van der Waals surface area contributed by atoms with E-state index >= 15 is 0 Å². The van der Waals surface area contributed by atoms with Crippen LogP contribution in [0.5, 0.6) is 0 Å². The molecule has 1 atom stereocenters. The molecular weight excluding hydrogens is 372 g/mol. The normalized spacial score (nSPS) is 11.8. The Bertz CT molecular complexity index is 533. The van der Waals surface area contributed by atoms with Gasteiger partial charge in [-0.15, -0.1) is 0 Å². The van der Waals surface area contributed by atoms with Crippen LogP contribution in [0.2, 0.25) is 0 Å². The van der Waals surface area contributed by atoms with Gasteiger partial charge in [-0.1, -0.05) is 69.9 Å². The van der Waals surface area contributed by atoms with Crippen LogP contribution in [0.1, 0.15) is 70.8 Å². The molecule has 0 fully saturated rings. The van der Waals surface area contributed by atoms with E-state index in [0.29, 0.717) is 19.6 Å². The topological polar surface area (TPSA) is 52.6 Å². The second kappa shape index (κ2) is 16.5. The van der Waals surface area contributed by atoms with Gasteiger partial charge in [0.1, 0.15) is 6.61 Å². The Labute approximate surface area is 174 Å². The predicted octanol–water partition coefficient (Wildman–Crippen LogP) is 5.78. The number of benzene rings is 1. The molecule has 4 nitrogen and oxygen atoms in total. The molecule has 5 heteroatoms. The van der Waals surface area contributed by atoms with E-state index in [1.807, 2.05) is 49.0 Å². The maximum absolute atomic E-state index is 11.9. The molecule has 1 unspecified atom stereocenters. The third-order valence-corrected chi connectivity index (χ3v) is 5.74. The number of esters is 2. The van der Waals surface area contributed by atoms with E-state index in [4.69, 9.17) is 9.47 Å². The monoisotopic (exact) mass is 408 g/mol. The van der Waals surface area contributed by atoms with E-state index in [0.717, 1.165) is 42.8 Å². The van der Waals surface area contributed by atoms with E-state index < -0.39 is 0 Å². The van der Waals surface area contributed by atoms with E-state index in [-0.39, 0.29) is 17.9 Å². The summed E-state index contributed by atoms with van der Waals surface area (Å²) >= 11 is 1.84. The molecule has 1 rings (SSSR count). The summed E-state index contributed by atoms with van der Waals surface area (Å²) in [6, 6.07) is 9.70. The zero-order valence-corrected chi connectivity index (χ0v) is 18.3. The van der Waals surface area contributed by atoms with Crippen molar-refractivity contribution in [1.82, 2.24) is 0 Å². The summed E-state index contributed by atoms with van der Waals surface area (Å²) in [4.78, 5) is 23.7. The van der Waals surface area contributed by atoms with Gasteiger partial charge in [0.2, 0.25) is 0 Å². The molecule has 0 amide bonds. The van der Waals surface area contributed by atoms with Gasteiger partial charge in [-0.05, 0) is 30.6 Å². The van der Waals surface area contributed by atoms with Crippen molar-refractivity contribution in [2.24, 2.45) is 5.92 Å². The summed E-state index contributed by atoms with van der Waals surface area (Å²) in [7, 11) is 0. The number of hydrogen-bond acceptors (Lipinski definition) is 5. The molecule has 0 bridgehead atoms. The van der Waals surface area contributed by atoms with Crippen molar-refractivity contribution in [3.8, 4) is 0 Å². The van der Waals surface area contributed by atoms with Crippen LogP contribution in [0, 0.1) is 5.92 Å². The lowest BCUT2D eigenvalue weighted by Crippen LogP contribution is -2.17. The largest absolute Gasteiger partial charge is 0.465 e. The van der Waals surface area contributed by atoms with Gasteiger partial charge in [0.15, 0.2) is 0 Å². The molecular formula is C23H36O4S. The van der Waals surface area contributed by atoms with Gasteiger partial charge in [0.25, 0.3) is 0 Å². The number of thioether (sulfide) groups is 1. The van der Waals surface area contributed by atoms with Crippen molar-refractivity contribution < 1.29 is 19.1 Å². The van der Waals surface area contributed by atoms with Crippen LogP contribution < -0.4 is 0 Å². The number of carbonyl (C=O) groups excluding carboxylic acids is 2. The van der Waals surface area contributed by atoms with Crippen LogP contribution in [0.3, 0.4) is 0 Å². The fourth-order valence-electron chi connectivity index (χ4n) is 2.63. The van der Waals surface area contributed by atoms with Crippen molar-refractivity contribution in [2.75, 3.05) is 18.1 Å². The molecule has 1 aromatic rings. The molecule has 0 aliphatic heterocycles. The van der Waals surface area contributed by atoms with Crippen LogP contribution in [0.15, 0.2) is 30.3 Å². The second-order valence-electron chi connectivity index (χ2n) is 7.16. The predicted molar refractivity (Wildman–Crippen MR) is 116 cm³/mol. The first-order valence-electron chi connectivity index (χ1n) is 10.6. The molecule has 28 heavy (non-hydrogen) atoms. The summed E-state index contributed by atoms with van der Waals surface area (Å²) in [6.07, 6.45) is 7.72. The quantitative estimate of drug-likeness (QED) is 0.256. The standard InChI is InChI=1S/C23H36O4S/c1-3-4-12-17-28-19-20(2)23(25)26-16-11-6-5-10-15-22(24)27-18-21-13-8-7-9-14-21/h7-9,13-14,20H,3-6,10-12,15-19H2,1-2H3. The smallest absolute Gasteiger partial charge is 0.309 e. The van der Waals surface area contributed by atoms with Crippen molar-refractivity contribution in [2.45, 2.75) is 71.8 Å². The Morgan fingerprint density at radius 2 is 1.71 bits per heavy atom. The van der Waals surface area contributed by atoms with Crippen LogP contribution in [0.25, 0.3) is 0 Å². The summed E-state index contributed by atoms with van der Waals surface area (Å²) in [5.74, 6) is 1.69. The molecule has 1 aromatic carbocycles. The molecule has 0 N–H and O–H groups in total. The number of rotatable bonds is 16. The highest BCUT2D eigenvalue weighted by atomic mass is 32.2. The Morgan fingerprint density at radius 1 is 0.964 bits per heavy atom. The summed E-state index contributed by atoms with van der Waals surface area (Å²) < 4.78 is 10.6. The number of ether oxygens (including phenoxy) is 2. The fraction of sp³-hybridized carbons (Fsp3) is 0.652. The lowest BCUT2D eigenvalue weighted by molar-refractivity contribution is -0.147. The average molecular weight is 409 g/mol. The molecule has 0 saturated heterocycles. The Kier molecular flexibility index (Phi) is 14.4. The Morgan fingerprint density at radius 3 is 2.46 bits per heavy atom. The van der Waals surface area contributed by atoms with Crippen LogP contribution in [-0.4, -0.2) is 30.1 Å². The number of carbonyl (C=O) groups is 2. The van der Waals surface area contributed by atoms with Gasteiger partial charge in [0, 0.05) is 12.2 Å². The zero-order valence-electron chi connectivity index (χ0n) is 17.5. The van der Waals surface area contributed by atoms with Gasteiger partial charge >= 0.3 is 11.9 Å². The Balaban J connectivity index is 1.93. The maximum Gasteiger partial charge on any atom is 0.309 e. The molecule has 0 radical (unpaired) electrons. The number of unbranched alkanes of at least 4 members (excludes halogenated alkanes) is 5. The summed E-state index contributed by atoms with van der Waals surface area (Å²) in [5.41, 5.74) is 1.01. The van der Waals surface area contributed by atoms with E-state index in [2.05, 4.69) is 6.92 Å². The first-order chi connectivity index (χ1) is 13.6. The molecule has 0 aromatic heterocycles. The lowest BCUT2D eigenvalue weighted by Gasteiger charge is -2.11. The van der Waals surface area contributed by atoms with E-state index in [9.17, 15) is 9.59 Å². The highest BCUT2D eigenvalue weighted by Crippen LogP contribution is 2.13. The van der Waals surface area contributed by atoms with Crippen molar-refractivity contribution in [1.29, 1.82) is 0 Å². The SMILES string of the molecule is CCCCCSCC(C)C(=O)OCCCCCCC(=O)OCc1ccccc1. The second-order valence-corrected chi connectivity index (χ2v) is 8.31. The maximum atomic E-state index is 11.9. The van der Waals surface area contributed by atoms with E-state index in [1.54, 1.807) is 0 Å². The first-order valence-corrected chi connectivity index (χ1v) is 11.7. The summed E-state index contributed by atoms with van der Waals surface area (Å²) in [6.45, 7) is 4.95. The van der Waals surface area contributed by atoms with Crippen molar-refractivity contribution in [3.63, 3.8) is 0 Å². The average Bonchev–Trinajstić information content (AvgIpc) is 2.71. The zero-order chi connectivity index (χ0) is 20.5. The highest BCUT2D eigenvalue weighted by Gasteiger charge is 2.14. The third kappa shape index (κ3) is 12.8. The molecule has 0 heterocycles. The molecule has 158 valence electrons. The van der Waals surface area contributed by atoms with Crippen molar-refractivity contribution >= 4 is 23.7 Å². The third-order valence-electron chi connectivity index (χ3n) is 4.42. The fourth-order valence-corrected chi connectivity index (χ4v) is 3.70. The van der Waals surface area contributed by atoms with Crippen LogP contribution in [-0.2, 0) is 25.7 Å². The van der Waals surface area contributed by atoms with Gasteiger partial charge in [-0.2, -0.15) is 11.8 Å². The number of hydrogen-bond donors (Lipinski definition) is 0. The Hall–Kier alpha value is -1.49. The van der Waals surface area contributed by atoms with Crippen LogP contribution in [0.4, 0.5) is 0 Å². The molecule has 0 spiro atoms. The van der Waals surface area contributed by atoms with Gasteiger partial charge < -0.3 is 9.47 Å². The van der Waals surface area contributed by atoms with Crippen molar-refractivity contribution in [3.05, 3.63) is 35.9 Å². The minimum absolute atomic E-state index is 0.0361. The van der Waals surface area contributed by atoms with Gasteiger partial charge in [0.05, 0.1) is 12.5 Å². The lowest BCUT2D eigenvalue weighted by atomic mass is 10.1. The minimum atomic E-state index is -0.152. The first kappa shape index (κ1) is 24.5. The summed E-state index contributed by atoms with van der Waals surface area (Å²) in [5, 5.41) is 0. The van der Waals surface area contributed by atoms with Crippen LogP contribution >= 0.6 is 11.8 Å². The molecule has 0 aliphatic rings. The minimum Gasteiger partial charge on any atom is -0.465 e. The highest BCUT2D eigenvalue weighted by molar-refractivity contribution is 7.99. The van der Waals surface area contributed by atoms with Gasteiger partial charge in [-0.25, -0.2) is 0 Å². The molecule has 0 saturated carbocycles. The molecule has 0 aliphatic carbocycles.